The molecule has 0 unspecified atom stereocenters. The van der Waals surface area contributed by atoms with Crippen LogP contribution in [-0.4, -0.2) is 39.7 Å². The number of fused-ring (bicyclic) bond motifs is 1. The highest BCUT2D eigenvalue weighted by atomic mass is 16.5. The van der Waals surface area contributed by atoms with Gasteiger partial charge < -0.3 is 26.8 Å². The van der Waals surface area contributed by atoms with Crippen LogP contribution in [0.15, 0.2) is 30.3 Å². The zero-order valence-corrected chi connectivity index (χ0v) is 16.4. The molecule has 0 radical (unpaired) electrons. The lowest BCUT2D eigenvalue weighted by Gasteiger charge is -2.20. The van der Waals surface area contributed by atoms with Crippen molar-refractivity contribution < 1.29 is 9.53 Å². The molecule has 0 aliphatic heterocycles. The lowest BCUT2D eigenvalue weighted by molar-refractivity contribution is 0.100. The van der Waals surface area contributed by atoms with Crippen molar-refractivity contribution in [2.75, 3.05) is 24.3 Å². The molecule has 28 heavy (non-hydrogen) atoms. The number of amides is 1. The van der Waals surface area contributed by atoms with Crippen LogP contribution in [0.2, 0.25) is 0 Å². The standard InChI is InChI=1S/C19H25N7O2/c1-11-8-14(22-10-19(2,3)21)26-18(23-11)15(16(20)27)17(25-26)24-12-6-5-7-13(9-12)28-4/h5-9,22H,10,21H2,1-4H3,(H2,20,27)(H,24,25). The van der Waals surface area contributed by atoms with Crippen LogP contribution < -0.4 is 26.8 Å². The average molecular weight is 383 g/mol. The fraction of sp³-hybridized carbons (Fsp3) is 0.316. The third kappa shape index (κ3) is 4.15. The fourth-order valence-corrected chi connectivity index (χ4v) is 2.73. The summed E-state index contributed by atoms with van der Waals surface area (Å²) in [7, 11) is 1.59. The largest absolute Gasteiger partial charge is 0.497 e. The molecular weight excluding hydrogens is 358 g/mol. The number of nitrogens with one attached hydrogen (secondary N) is 2. The number of nitrogens with zero attached hydrogens (tertiary/aromatic N) is 3. The van der Waals surface area contributed by atoms with Crippen LogP contribution in [0.1, 0.15) is 29.9 Å². The van der Waals surface area contributed by atoms with Crippen molar-refractivity contribution in [1.29, 1.82) is 0 Å². The third-order valence-electron chi connectivity index (χ3n) is 4.02. The van der Waals surface area contributed by atoms with E-state index in [-0.39, 0.29) is 5.56 Å². The Morgan fingerprint density at radius 2 is 2.07 bits per heavy atom. The van der Waals surface area contributed by atoms with Gasteiger partial charge in [0.2, 0.25) is 0 Å². The van der Waals surface area contributed by atoms with E-state index in [1.54, 1.807) is 17.7 Å². The predicted molar refractivity (Wildman–Crippen MR) is 109 cm³/mol. The van der Waals surface area contributed by atoms with Gasteiger partial charge >= 0.3 is 0 Å². The molecule has 6 N–H and O–H groups in total. The maximum atomic E-state index is 12.2. The summed E-state index contributed by atoms with van der Waals surface area (Å²) in [4.78, 5) is 16.6. The first-order valence-electron chi connectivity index (χ1n) is 8.82. The van der Waals surface area contributed by atoms with E-state index in [2.05, 4.69) is 20.7 Å². The minimum atomic E-state index is -0.622. The smallest absolute Gasteiger partial charge is 0.256 e. The average Bonchev–Trinajstić information content (AvgIpc) is 2.97. The molecule has 0 spiro atoms. The Labute approximate surface area is 163 Å². The summed E-state index contributed by atoms with van der Waals surface area (Å²) in [6.45, 7) is 6.18. The molecule has 0 atom stereocenters. The predicted octanol–water partition coefficient (Wildman–Crippen LogP) is 2.04. The van der Waals surface area contributed by atoms with Gasteiger partial charge in [-0.25, -0.2) is 4.98 Å². The molecule has 9 heteroatoms. The Hall–Kier alpha value is -3.33. The molecule has 0 saturated carbocycles. The Bertz CT molecular complexity index is 1020. The number of carbonyl (C=O) groups excluding carboxylic acids is 1. The Morgan fingerprint density at radius 3 is 2.71 bits per heavy atom. The number of ether oxygens (including phenoxy) is 1. The van der Waals surface area contributed by atoms with Gasteiger partial charge in [0.05, 0.1) is 7.11 Å². The molecule has 1 amide bonds. The van der Waals surface area contributed by atoms with Crippen molar-refractivity contribution in [2.24, 2.45) is 11.5 Å². The van der Waals surface area contributed by atoms with Gasteiger partial charge in [-0.05, 0) is 32.9 Å². The molecule has 0 bridgehead atoms. The Morgan fingerprint density at radius 1 is 1.32 bits per heavy atom. The molecule has 2 heterocycles. The van der Waals surface area contributed by atoms with Crippen LogP contribution in [0, 0.1) is 6.92 Å². The van der Waals surface area contributed by atoms with E-state index in [4.69, 9.17) is 16.2 Å². The number of carbonyl (C=O) groups is 1. The van der Waals surface area contributed by atoms with Gasteiger partial charge in [0, 0.05) is 35.6 Å². The lowest BCUT2D eigenvalue weighted by Crippen LogP contribution is -2.40. The van der Waals surface area contributed by atoms with Gasteiger partial charge in [-0.3, -0.25) is 4.79 Å². The van der Waals surface area contributed by atoms with Crippen molar-refractivity contribution >= 4 is 28.9 Å². The van der Waals surface area contributed by atoms with Crippen molar-refractivity contribution in [3.8, 4) is 5.75 Å². The van der Waals surface area contributed by atoms with Crippen molar-refractivity contribution in [1.82, 2.24) is 14.6 Å². The number of nitrogens with two attached hydrogens (primary N) is 2. The summed E-state index contributed by atoms with van der Waals surface area (Å²) in [6.07, 6.45) is 0. The molecule has 0 fully saturated rings. The first-order valence-corrected chi connectivity index (χ1v) is 8.82. The second kappa shape index (κ2) is 7.35. The van der Waals surface area contributed by atoms with Gasteiger partial charge in [-0.1, -0.05) is 6.07 Å². The number of hydrogen-bond acceptors (Lipinski definition) is 7. The zero-order valence-electron chi connectivity index (χ0n) is 16.4. The number of primary amides is 1. The number of hydrogen-bond donors (Lipinski definition) is 4. The van der Waals surface area contributed by atoms with Crippen LogP contribution in [0.3, 0.4) is 0 Å². The lowest BCUT2D eigenvalue weighted by atomic mass is 10.1. The molecule has 2 aromatic heterocycles. The molecule has 3 aromatic rings. The summed E-state index contributed by atoms with van der Waals surface area (Å²) >= 11 is 0. The highest BCUT2D eigenvalue weighted by Gasteiger charge is 2.22. The highest BCUT2D eigenvalue weighted by Crippen LogP contribution is 2.27. The van der Waals surface area contributed by atoms with Gasteiger partial charge in [0.25, 0.3) is 5.91 Å². The second-order valence-corrected chi connectivity index (χ2v) is 7.31. The maximum Gasteiger partial charge on any atom is 0.256 e. The molecule has 0 aliphatic carbocycles. The van der Waals surface area contributed by atoms with Crippen molar-refractivity contribution in [3.05, 3.63) is 41.6 Å². The van der Waals surface area contributed by atoms with E-state index in [0.29, 0.717) is 35.3 Å². The number of methoxy groups -OCH3 is 1. The highest BCUT2D eigenvalue weighted by molar-refractivity contribution is 6.04. The van der Waals surface area contributed by atoms with Crippen LogP contribution in [0.4, 0.5) is 17.3 Å². The second-order valence-electron chi connectivity index (χ2n) is 7.31. The van der Waals surface area contributed by atoms with E-state index >= 15 is 0 Å². The van der Waals surface area contributed by atoms with Gasteiger partial charge in [-0.15, -0.1) is 5.10 Å². The minimum Gasteiger partial charge on any atom is -0.497 e. The molecular formula is C19H25N7O2. The molecule has 0 saturated heterocycles. The molecule has 3 rings (SSSR count). The topological polar surface area (TPSA) is 133 Å². The van der Waals surface area contributed by atoms with Gasteiger partial charge in [0.1, 0.15) is 17.1 Å². The summed E-state index contributed by atoms with van der Waals surface area (Å²) < 4.78 is 6.79. The SMILES string of the molecule is COc1cccc(Nc2nn3c(NCC(C)(C)N)cc(C)nc3c2C(N)=O)c1. The van der Waals surface area contributed by atoms with Crippen LogP contribution in [-0.2, 0) is 0 Å². The summed E-state index contributed by atoms with van der Waals surface area (Å²) in [5.41, 5.74) is 13.3. The number of aryl methyl sites for hydroxylation is 1. The van der Waals surface area contributed by atoms with E-state index in [1.807, 2.05) is 45.0 Å². The van der Waals surface area contributed by atoms with E-state index in [9.17, 15) is 4.79 Å². The van der Waals surface area contributed by atoms with E-state index < -0.39 is 11.4 Å². The minimum absolute atomic E-state index is 0.210. The third-order valence-corrected chi connectivity index (χ3v) is 4.02. The molecule has 9 nitrogen and oxygen atoms in total. The van der Waals surface area contributed by atoms with Crippen LogP contribution in [0.25, 0.3) is 5.65 Å². The maximum absolute atomic E-state index is 12.2. The number of benzene rings is 1. The van der Waals surface area contributed by atoms with Crippen molar-refractivity contribution in [3.63, 3.8) is 0 Å². The fourth-order valence-electron chi connectivity index (χ4n) is 2.73. The monoisotopic (exact) mass is 383 g/mol. The number of rotatable bonds is 7. The first-order chi connectivity index (χ1) is 13.2. The van der Waals surface area contributed by atoms with Crippen molar-refractivity contribution in [2.45, 2.75) is 26.3 Å². The van der Waals surface area contributed by atoms with Gasteiger partial charge in [0.15, 0.2) is 11.5 Å². The molecule has 148 valence electrons. The number of anilines is 3. The molecule has 1 aromatic carbocycles. The molecule has 0 aliphatic rings. The van der Waals surface area contributed by atoms with E-state index in [0.717, 1.165) is 5.69 Å². The summed E-state index contributed by atoms with van der Waals surface area (Å²) in [5, 5.41) is 10.9. The summed E-state index contributed by atoms with van der Waals surface area (Å²) in [5.74, 6) is 1.04. The Kier molecular flexibility index (Phi) is 5.10. The van der Waals surface area contributed by atoms with Crippen LogP contribution in [0.5, 0.6) is 5.75 Å². The van der Waals surface area contributed by atoms with E-state index in [1.165, 1.54) is 0 Å². The normalized spacial score (nSPS) is 11.5. The summed E-state index contributed by atoms with van der Waals surface area (Å²) in [6, 6.07) is 9.13. The van der Waals surface area contributed by atoms with Crippen LogP contribution >= 0.6 is 0 Å². The first kappa shape index (κ1) is 19.4. The van der Waals surface area contributed by atoms with Gasteiger partial charge in [-0.2, -0.15) is 4.52 Å². The quantitative estimate of drug-likeness (QED) is 0.491. The Balaban J connectivity index is 2.09. The zero-order chi connectivity index (χ0) is 20.5. The number of aromatic nitrogens is 3.